The van der Waals surface area contributed by atoms with Crippen LogP contribution in [0.5, 0.6) is 5.75 Å². The van der Waals surface area contributed by atoms with Gasteiger partial charge in [-0.15, -0.1) is 0 Å². The maximum atomic E-state index is 5.91. The van der Waals surface area contributed by atoms with Crippen LogP contribution >= 0.6 is 0 Å². The minimum absolute atomic E-state index is 0.430. The summed E-state index contributed by atoms with van der Waals surface area (Å²) in [6, 6.07) is 8.80. The number of likely N-dealkylation sites (tertiary alicyclic amines) is 1. The van der Waals surface area contributed by atoms with Crippen LogP contribution in [0.1, 0.15) is 24.8 Å². The molecule has 0 spiro atoms. The Kier molecular flexibility index (Phi) is 5.02. The van der Waals surface area contributed by atoms with E-state index in [1.54, 1.807) is 7.11 Å². The predicted molar refractivity (Wildman–Crippen MR) is 75.0 cm³/mol. The molecule has 100 valence electrons. The predicted octanol–water partition coefficient (Wildman–Crippen LogP) is 2.05. The zero-order chi connectivity index (χ0) is 12.8. The molecule has 1 aromatic carbocycles. The Hall–Kier alpha value is -1.06. The van der Waals surface area contributed by atoms with Crippen molar-refractivity contribution in [3.63, 3.8) is 0 Å². The maximum absolute atomic E-state index is 5.91. The number of nitrogens with two attached hydrogens (primary N) is 1. The molecule has 0 saturated carbocycles. The summed E-state index contributed by atoms with van der Waals surface area (Å²) >= 11 is 0. The number of ether oxygens (including phenoxy) is 1. The van der Waals surface area contributed by atoms with Crippen molar-refractivity contribution in [1.29, 1.82) is 0 Å². The molecule has 1 saturated heterocycles. The van der Waals surface area contributed by atoms with Crippen molar-refractivity contribution in [2.24, 2.45) is 5.73 Å². The zero-order valence-corrected chi connectivity index (χ0v) is 11.3. The molecule has 2 N–H and O–H groups in total. The summed E-state index contributed by atoms with van der Waals surface area (Å²) < 4.78 is 5.24. The summed E-state index contributed by atoms with van der Waals surface area (Å²) in [5.74, 6) is 0.955. The van der Waals surface area contributed by atoms with Gasteiger partial charge in [-0.3, -0.25) is 0 Å². The summed E-state index contributed by atoms with van der Waals surface area (Å²) in [6.07, 6.45) is 4.64. The van der Waals surface area contributed by atoms with E-state index in [4.69, 9.17) is 10.5 Å². The van der Waals surface area contributed by atoms with E-state index in [0.29, 0.717) is 6.04 Å². The van der Waals surface area contributed by atoms with Crippen molar-refractivity contribution in [3.8, 4) is 5.75 Å². The lowest BCUT2D eigenvalue weighted by Crippen LogP contribution is -2.40. The van der Waals surface area contributed by atoms with E-state index in [-0.39, 0.29) is 0 Å². The standard InChI is InChI=1S/C15H24N2O/c1-18-15-6-2-4-13(12-15)5-3-9-17-10-7-14(16)8-11-17/h2,4,6,12,14H,3,5,7-11,16H2,1H3. The van der Waals surface area contributed by atoms with Gasteiger partial charge in [0.15, 0.2) is 0 Å². The number of benzene rings is 1. The lowest BCUT2D eigenvalue weighted by molar-refractivity contribution is 0.211. The van der Waals surface area contributed by atoms with Gasteiger partial charge in [-0.05, 0) is 63.0 Å². The second-order valence-electron chi connectivity index (χ2n) is 5.13. The van der Waals surface area contributed by atoms with E-state index in [2.05, 4.69) is 23.1 Å². The first kappa shape index (κ1) is 13.4. The highest BCUT2D eigenvalue weighted by Crippen LogP contribution is 2.15. The van der Waals surface area contributed by atoms with Crippen LogP contribution in [0.15, 0.2) is 24.3 Å². The Bertz CT molecular complexity index is 359. The quantitative estimate of drug-likeness (QED) is 0.866. The second kappa shape index (κ2) is 6.76. The highest BCUT2D eigenvalue weighted by molar-refractivity contribution is 5.28. The van der Waals surface area contributed by atoms with E-state index >= 15 is 0 Å². The van der Waals surface area contributed by atoms with Crippen molar-refractivity contribution in [3.05, 3.63) is 29.8 Å². The molecule has 3 nitrogen and oxygen atoms in total. The Morgan fingerprint density at radius 3 is 2.83 bits per heavy atom. The average molecular weight is 248 g/mol. The molecule has 1 heterocycles. The zero-order valence-electron chi connectivity index (χ0n) is 11.3. The first-order valence-corrected chi connectivity index (χ1v) is 6.89. The molecular weight excluding hydrogens is 224 g/mol. The lowest BCUT2D eigenvalue weighted by Gasteiger charge is -2.29. The van der Waals surface area contributed by atoms with Crippen molar-refractivity contribution >= 4 is 0 Å². The molecule has 1 aromatic rings. The molecule has 1 aliphatic heterocycles. The minimum atomic E-state index is 0.430. The molecule has 0 amide bonds. The number of piperidine rings is 1. The van der Waals surface area contributed by atoms with Gasteiger partial charge in [0, 0.05) is 6.04 Å². The molecule has 0 radical (unpaired) electrons. The monoisotopic (exact) mass is 248 g/mol. The number of rotatable bonds is 5. The highest BCUT2D eigenvalue weighted by Gasteiger charge is 2.14. The average Bonchev–Trinajstić information content (AvgIpc) is 2.41. The maximum Gasteiger partial charge on any atom is 0.119 e. The largest absolute Gasteiger partial charge is 0.497 e. The smallest absolute Gasteiger partial charge is 0.119 e. The Morgan fingerprint density at radius 1 is 1.33 bits per heavy atom. The number of hydrogen-bond donors (Lipinski definition) is 1. The Balaban J connectivity index is 1.71. The molecule has 18 heavy (non-hydrogen) atoms. The molecule has 3 heteroatoms. The van der Waals surface area contributed by atoms with Gasteiger partial charge in [0.05, 0.1) is 7.11 Å². The molecule has 0 aromatic heterocycles. The summed E-state index contributed by atoms with van der Waals surface area (Å²) in [4.78, 5) is 2.53. The Labute approximate surface area is 110 Å². The first-order chi connectivity index (χ1) is 8.78. The van der Waals surface area contributed by atoms with E-state index in [1.165, 1.54) is 31.6 Å². The molecule has 1 aliphatic rings. The molecule has 0 unspecified atom stereocenters. The van der Waals surface area contributed by atoms with Gasteiger partial charge in [-0.2, -0.15) is 0 Å². The second-order valence-corrected chi connectivity index (χ2v) is 5.13. The van der Waals surface area contributed by atoms with Crippen LogP contribution in [0.2, 0.25) is 0 Å². The molecule has 0 bridgehead atoms. The fourth-order valence-corrected chi connectivity index (χ4v) is 2.51. The van der Waals surface area contributed by atoms with Crippen LogP contribution in [0, 0.1) is 0 Å². The number of hydrogen-bond acceptors (Lipinski definition) is 3. The minimum Gasteiger partial charge on any atom is -0.497 e. The van der Waals surface area contributed by atoms with Crippen LogP contribution in [0.3, 0.4) is 0 Å². The number of methoxy groups -OCH3 is 1. The van der Waals surface area contributed by atoms with Crippen LogP contribution in [-0.2, 0) is 6.42 Å². The fraction of sp³-hybridized carbons (Fsp3) is 0.600. The van der Waals surface area contributed by atoms with Crippen molar-refractivity contribution in [2.45, 2.75) is 31.7 Å². The molecular formula is C15H24N2O. The molecule has 0 aliphatic carbocycles. The van der Waals surface area contributed by atoms with Crippen molar-refractivity contribution in [2.75, 3.05) is 26.7 Å². The van der Waals surface area contributed by atoms with Gasteiger partial charge in [0.25, 0.3) is 0 Å². The van der Waals surface area contributed by atoms with E-state index in [1.807, 2.05) is 6.07 Å². The Morgan fingerprint density at radius 2 is 2.11 bits per heavy atom. The molecule has 1 fully saturated rings. The lowest BCUT2D eigenvalue weighted by atomic mass is 10.0. The summed E-state index contributed by atoms with van der Waals surface area (Å²) in [5, 5.41) is 0. The number of nitrogens with zero attached hydrogens (tertiary/aromatic N) is 1. The van der Waals surface area contributed by atoms with Gasteiger partial charge in [-0.25, -0.2) is 0 Å². The van der Waals surface area contributed by atoms with Crippen LogP contribution < -0.4 is 10.5 Å². The van der Waals surface area contributed by atoms with Gasteiger partial charge < -0.3 is 15.4 Å². The van der Waals surface area contributed by atoms with Crippen LogP contribution in [-0.4, -0.2) is 37.7 Å². The third kappa shape index (κ3) is 4.00. The topological polar surface area (TPSA) is 38.5 Å². The summed E-state index contributed by atoms with van der Waals surface area (Å²) in [7, 11) is 1.72. The van der Waals surface area contributed by atoms with Crippen LogP contribution in [0.4, 0.5) is 0 Å². The fourth-order valence-electron chi connectivity index (χ4n) is 2.51. The molecule has 0 atom stereocenters. The van der Waals surface area contributed by atoms with Gasteiger partial charge in [0.1, 0.15) is 5.75 Å². The SMILES string of the molecule is COc1cccc(CCCN2CCC(N)CC2)c1. The first-order valence-electron chi connectivity index (χ1n) is 6.89. The van der Waals surface area contributed by atoms with Crippen LogP contribution in [0.25, 0.3) is 0 Å². The summed E-state index contributed by atoms with van der Waals surface area (Å²) in [6.45, 7) is 3.52. The van der Waals surface area contributed by atoms with Gasteiger partial charge in [0.2, 0.25) is 0 Å². The summed E-state index contributed by atoms with van der Waals surface area (Å²) in [5.41, 5.74) is 7.27. The van der Waals surface area contributed by atoms with E-state index < -0.39 is 0 Å². The van der Waals surface area contributed by atoms with Crippen molar-refractivity contribution < 1.29 is 4.74 Å². The highest BCUT2D eigenvalue weighted by atomic mass is 16.5. The third-order valence-electron chi connectivity index (χ3n) is 3.71. The van der Waals surface area contributed by atoms with Gasteiger partial charge >= 0.3 is 0 Å². The number of aryl methyl sites for hydroxylation is 1. The third-order valence-corrected chi connectivity index (χ3v) is 3.71. The van der Waals surface area contributed by atoms with E-state index in [9.17, 15) is 0 Å². The van der Waals surface area contributed by atoms with Crippen molar-refractivity contribution in [1.82, 2.24) is 4.90 Å². The normalized spacial score (nSPS) is 17.9. The molecule has 2 rings (SSSR count). The van der Waals surface area contributed by atoms with E-state index in [0.717, 1.165) is 25.0 Å². The van der Waals surface area contributed by atoms with Gasteiger partial charge in [-0.1, -0.05) is 12.1 Å².